The van der Waals surface area contributed by atoms with Crippen molar-refractivity contribution in [1.29, 1.82) is 0 Å². The number of piperazine rings is 1. The standard InChI is InChI=1S/C18H28ClN3O4S/c1-20(2)27(24,25)14-6-9-21-10-12-22(13-11-21)17(18(23)26-3)15-7-4-5-8-16(15)19/h4-5,7-8,17H,6,9-14H2,1-3H3. The molecule has 0 amide bonds. The molecule has 0 aliphatic carbocycles. The number of halogens is 1. The predicted octanol–water partition coefficient (Wildman–Crippen LogP) is 1.45. The van der Waals surface area contributed by atoms with Crippen LogP contribution in [-0.4, -0.2) is 88.2 Å². The van der Waals surface area contributed by atoms with E-state index in [0.29, 0.717) is 24.5 Å². The molecule has 1 aromatic carbocycles. The maximum Gasteiger partial charge on any atom is 0.327 e. The Hall–Kier alpha value is -1.19. The van der Waals surface area contributed by atoms with Crippen molar-refractivity contribution in [2.45, 2.75) is 12.5 Å². The zero-order valence-corrected chi connectivity index (χ0v) is 17.7. The summed E-state index contributed by atoms with van der Waals surface area (Å²) in [6, 6.07) is 6.79. The van der Waals surface area contributed by atoms with E-state index in [1.165, 1.54) is 11.4 Å². The lowest BCUT2D eigenvalue weighted by Gasteiger charge is -2.38. The molecule has 0 N–H and O–H groups in total. The second-order valence-electron chi connectivity index (χ2n) is 6.78. The monoisotopic (exact) mass is 417 g/mol. The van der Waals surface area contributed by atoms with Crippen LogP contribution in [-0.2, 0) is 19.6 Å². The first-order valence-electron chi connectivity index (χ1n) is 8.95. The normalized spacial score (nSPS) is 17.8. The Morgan fingerprint density at radius 3 is 2.41 bits per heavy atom. The highest BCUT2D eigenvalue weighted by atomic mass is 35.5. The van der Waals surface area contributed by atoms with E-state index < -0.39 is 16.1 Å². The van der Waals surface area contributed by atoms with Crippen LogP contribution in [0.5, 0.6) is 0 Å². The van der Waals surface area contributed by atoms with Gasteiger partial charge >= 0.3 is 5.97 Å². The molecule has 1 atom stereocenters. The van der Waals surface area contributed by atoms with E-state index in [1.807, 2.05) is 18.2 Å². The van der Waals surface area contributed by atoms with Gasteiger partial charge in [0.05, 0.1) is 12.9 Å². The van der Waals surface area contributed by atoms with Crippen LogP contribution < -0.4 is 0 Å². The van der Waals surface area contributed by atoms with Crippen LogP contribution in [0.3, 0.4) is 0 Å². The molecule has 0 aromatic heterocycles. The van der Waals surface area contributed by atoms with Crippen molar-refractivity contribution in [1.82, 2.24) is 14.1 Å². The minimum atomic E-state index is -3.16. The molecule has 27 heavy (non-hydrogen) atoms. The van der Waals surface area contributed by atoms with E-state index in [4.69, 9.17) is 16.3 Å². The summed E-state index contributed by atoms with van der Waals surface area (Å²) < 4.78 is 30.0. The third-order valence-corrected chi connectivity index (χ3v) is 7.09. The molecule has 0 saturated carbocycles. The molecular formula is C18H28ClN3O4S. The summed E-state index contributed by atoms with van der Waals surface area (Å²) in [4.78, 5) is 16.7. The second-order valence-corrected chi connectivity index (χ2v) is 9.49. The maximum absolute atomic E-state index is 12.4. The number of benzene rings is 1. The van der Waals surface area contributed by atoms with Crippen molar-refractivity contribution in [3.63, 3.8) is 0 Å². The molecule has 0 radical (unpaired) electrons. The number of nitrogens with zero attached hydrogens (tertiary/aromatic N) is 3. The van der Waals surface area contributed by atoms with E-state index in [-0.39, 0.29) is 11.7 Å². The quantitative estimate of drug-likeness (QED) is 0.596. The largest absolute Gasteiger partial charge is 0.468 e. The van der Waals surface area contributed by atoms with Crippen molar-refractivity contribution in [3.05, 3.63) is 34.9 Å². The van der Waals surface area contributed by atoms with Gasteiger partial charge in [0.1, 0.15) is 6.04 Å². The third kappa shape index (κ3) is 5.89. The van der Waals surface area contributed by atoms with E-state index in [1.54, 1.807) is 20.2 Å². The average molecular weight is 418 g/mol. The van der Waals surface area contributed by atoms with Crippen molar-refractivity contribution in [2.24, 2.45) is 0 Å². The summed E-state index contributed by atoms with van der Waals surface area (Å²) in [6.07, 6.45) is 0.589. The fourth-order valence-corrected chi connectivity index (χ4v) is 4.28. The Kier molecular flexibility index (Phi) is 8.05. The summed E-state index contributed by atoms with van der Waals surface area (Å²) in [6.45, 7) is 3.62. The maximum atomic E-state index is 12.4. The third-order valence-electron chi connectivity index (χ3n) is 4.83. The Bertz CT molecular complexity index is 734. The number of carbonyl (C=O) groups excluding carboxylic acids is 1. The molecular weight excluding hydrogens is 390 g/mol. The van der Waals surface area contributed by atoms with Crippen molar-refractivity contribution < 1.29 is 17.9 Å². The lowest BCUT2D eigenvalue weighted by molar-refractivity contribution is -0.148. The number of hydrogen-bond acceptors (Lipinski definition) is 6. The summed E-state index contributed by atoms with van der Waals surface area (Å²) in [5, 5.41) is 0.546. The van der Waals surface area contributed by atoms with Gasteiger partial charge in [-0.1, -0.05) is 29.8 Å². The Morgan fingerprint density at radius 1 is 1.22 bits per heavy atom. The van der Waals surface area contributed by atoms with Gasteiger partial charge in [-0.3, -0.25) is 4.90 Å². The van der Waals surface area contributed by atoms with Gasteiger partial charge in [-0.05, 0) is 24.6 Å². The molecule has 1 aromatic rings. The predicted molar refractivity (Wildman–Crippen MR) is 106 cm³/mol. The van der Waals surface area contributed by atoms with E-state index >= 15 is 0 Å². The number of carbonyl (C=O) groups is 1. The molecule has 7 nitrogen and oxygen atoms in total. The van der Waals surface area contributed by atoms with Gasteiger partial charge < -0.3 is 9.64 Å². The molecule has 1 unspecified atom stereocenters. The minimum absolute atomic E-state index is 0.143. The van der Waals surface area contributed by atoms with Crippen molar-refractivity contribution >= 4 is 27.6 Å². The number of methoxy groups -OCH3 is 1. The number of rotatable bonds is 8. The number of ether oxygens (including phenoxy) is 1. The minimum Gasteiger partial charge on any atom is -0.468 e. The van der Waals surface area contributed by atoms with Crippen LogP contribution in [0.25, 0.3) is 0 Å². The van der Waals surface area contributed by atoms with E-state index in [9.17, 15) is 13.2 Å². The first-order chi connectivity index (χ1) is 12.8. The van der Waals surface area contributed by atoms with Crippen molar-refractivity contribution in [2.75, 3.05) is 59.7 Å². The fourth-order valence-electron chi connectivity index (χ4n) is 3.18. The van der Waals surface area contributed by atoms with Crippen LogP contribution in [0, 0.1) is 0 Å². The molecule has 1 heterocycles. The van der Waals surface area contributed by atoms with Crippen LogP contribution in [0.15, 0.2) is 24.3 Å². The molecule has 1 aliphatic heterocycles. The fraction of sp³-hybridized carbons (Fsp3) is 0.611. The lowest BCUT2D eigenvalue weighted by Crippen LogP contribution is -2.49. The molecule has 9 heteroatoms. The molecule has 1 fully saturated rings. The van der Waals surface area contributed by atoms with Crippen LogP contribution in [0.4, 0.5) is 0 Å². The number of hydrogen-bond donors (Lipinski definition) is 0. The molecule has 0 bridgehead atoms. The van der Waals surface area contributed by atoms with Crippen LogP contribution in [0.1, 0.15) is 18.0 Å². The molecule has 152 valence electrons. The first kappa shape index (κ1) is 22.1. The van der Waals surface area contributed by atoms with Gasteiger partial charge in [0.25, 0.3) is 0 Å². The van der Waals surface area contributed by atoms with Gasteiger partial charge in [0, 0.05) is 45.3 Å². The Balaban J connectivity index is 1.94. The van der Waals surface area contributed by atoms with Gasteiger partial charge in [-0.25, -0.2) is 17.5 Å². The number of esters is 1. The summed E-state index contributed by atoms with van der Waals surface area (Å²) in [5.41, 5.74) is 0.747. The highest BCUT2D eigenvalue weighted by Gasteiger charge is 2.32. The van der Waals surface area contributed by atoms with Crippen LogP contribution in [0.2, 0.25) is 5.02 Å². The van der Waals surface area contributed by atoms with Gasteiger partial charge in [-0.15, -0.1) is 0 Å². The van der Waals surface area contributed by atoms with E-state index in [0.717, 1.165) is 25.2 Å². The molecule has 1 saturated heterocycles. The van der Waals surface area contributed by atoms with Gasteiger partial charge in [0.15, 0.2) is 0 Å². The first-order valence-corrected chi connectivity index (χ1v) is 10.9. The smallest absolute Gasteiger partial charge is 0.327 e. The summed E-state index contributed by atoms with van der Waals surface area (Å²) >= 11 is 6.30. The van der Waals surface area contributed by atoms with E-state index in [2.05, 4.69) is 9.80 Å². The highest BCUT2D eigenvalue weighted by Crippen LogP contribution is 2.29. The Morgan fingerprint density at radius 2 is 1.85 bits per heavy atom. The summed E-state index contributed by atoms with van der Waals surface area (Å²) in [5.74, 6) is -0.182. The number of sulfonamides is 1. The second kappa shape index (κ2) is 9.84. The molecule has 1 aliphatic rings. The highest BCUT2D eigenvalue weighted by molar-refractivity contribution is 7.89. The molecule has 2 rings (SSSR count). The topological polar surface area (TPSA) is 70.2 Å². The summed E-state index contributed by atoms with van der Waals surface area (Å²) in [7, 11) is 1.33. The average Bonchev–Trinajstić information content (AvgIpc) is 2.64. The van der Waals surface area contributed by atoms with Crippen molar-refractivity contribution in [3.8, 4) is 0 Å². The zero-order valence-electron chi connectivity index (χ0n) is 16.1. The van der Waals surface area contributed by atoms with Gasteiger partial charge in [-0.2, -0.15) is 0 Å². The SMILES string of the molecule is COC(=O)C(c1ccccc1Cl)N1CCN(CCCS(=O)(=O)N(C)C)CC1. The lowest BCUT2D eigenvalue weighted by atomic mass is 10.0. The van der Waals surface area contributed by atoms with Gasteiger partial charge in [0.2, 0.25) is 10.0 Å². The Labute approximate surface area is 166 Å². The van der Waals surface area contributed by atoms with Crippen LogP contribution >= 0.6 is 11.6 Å². The molecule has 0 spiro atoms. The zero-order chi connectivity index (χ0) is 20.0.